The number of benzene rings is 2. The molecule has 1 nitrogen and oxygen atoms in total. The fraction of sp³-hybridized carbons (Fsp3) is 0.200. The lowest BCUT2D eigenvalue weighted by Crippen LogP contribution is -1.93. The van der Waals surface area contributed by atoms with E-state index in [1.807, 2.05) is 0 Å². The molecule has 0 saturated heterocycles. The molecule has 0 unspecified atom stereocenters. The van der Waals surface area contributed by atoms with Crippen LogP contribution in [0.1, 0.15) is 16.7 Å². The average Bonchev–Trinajstić information content (AvgIpc) is 2.31. The first-order valence-electron chi connectivity index (χ1n) is 5.78. The van der Waals surface area contributed by atoms with E-state index in [4.69, 9.17) is 5.73 Å². The Morgan fingerprint density at radius 3 is 2.33 bits per heavy atom. The normalized spacial score (nSPS) is 10.7. The van der Waals surface area contributed by atoms with Gasteiger partial charge in [0.2, 0.25) is 0 Å². The maximum Gasteiger partial charge on any atom is 0.128 e. The summed E-state index contributed by atoms with van der Waals surface area (Å²) in [5.41, 5.74) is 9.47. The van der Waals surface area contributed by atoms with Crippen LogP contribution in [0.3, 0.4) is 0 Å². The molecule has 0 aliphatic rings. The summed E-state index contributed by atoms with van der Waals surface area (Å²) in [4.78, 5) is 2.02. The summed E-state index contributed by atoms with van der Waals surface area (Å²) in [6.07, 6.45) is 0. The van der Waals surface area contributed by atoms with Crippen LogP contribution in [0.15, 0.2) is 40.1 Å². The number of aryl methyl sites for hydroxylation is 3. The summed E-state index contributed by atoms with van der Waals surface area (Å²) in [5, 5.41) is 0. The van der Waals surface area contributed by atoms with Gasteiger partial charge >= 0.3 is 0 Å². The van der Waals surface area contributed by atoms with Crippen molar-refractivity contribution in [2.75, 3.05) is 5.73 Å². The standard InChI is InChI=1S/C15H16FNS/c1-9-4-5-12(6-10(9)2)18-15-7-11(3)13(16)8-14(15)17/h4-8H,17H2,1-3H3. The predicted octanol–water partition coefficient (Wildman–Crippen LogP) is 4.48. The van der Waals surface area contributed by atoms with E-state index < -0.39 is 0 Å². The summed E-state index contributed by atoms with van der Waals surface area (Å²) in [6.45, 7) is 5.91. The molecule has 2 rings (SSSR count). The quantitative estimate of drug-likeness (QED) is 0.806. The largest absolute Gasteiger partial charge is 0.398 e. The van der Waals surface area contributed by atoms with Gasteiger partial charge in [-0.15, -0.1) is 0 Å². The lowest BCUT2D eigenvalue weighted by Gasteiger charge is -2.09. The Labute approximate surface area is 111 Å². The summed E-state index contributed by atoms with van der Waals surface area (Å²) < 4.78 is 13.3. The number of anilines is 1. The van der Waals surface area contributed by atoms with Crippen LogP contribution in [-0.2, 0) is 0 Å². The van der Waals surface area contributed by atoms with E-state index in [0.29, 0.717) is 11.3 Å². The van der Waals surface area contributed by atoms with Crippen LogP contribution in [0.25, 0.3) is 0 Å². The Morgan fingerprint density at radius 1 is 0.944 bits per heavy atom. The van der Waals surface area contributed by atoms with Gasteiger partial charge in [0.15, 0.2) is 0 Å². The fourth-order valence-electron chi connectivity index (χ4n) is 1.66. The third kappa shape index (κ3) is 2.67. The first-order valence-corrected chi connectivity index (χ1v) is 6.60. The zero-order valence-electron chi connectivity index (χ0n) is 10.8. The molecule has 0 heterocycles. The molecule has 0 saturated carbocycles. The van der Waals surface area contributed by atoms with Gasteiger partial charge in [0, 0.05) is 15.5 Å². The highest BCUT2D eigenvalue weighted by Crippen LogP contribution is 2.34. The van der Waals surface area contributed by atoms with Crippen molar-refractivity contribution in [1.82, 2.24) is 0 Å². The number of halogens is 1. The van der Waals surface area contributed by atoms with Crippen LogP contribution < -0.4 is 5.73 Å². The van der Waals surface area contributed by atoms with Gasteiger partial charge in [-0.05, 0) is 61.7 Å². The van der Waals surface area contributed by atoms with Crippen molar-refractivity contribution in [1.29, 1.82) is 0 Å². The van der Waals surface area contributed by atoms with Gasteiger partial charge in [-0.2, -0.15) is 0 Å². The predicted molar refractivity (Wildman–Crippen MR) is 75.6 cm³/mol. The number of nitrogens with two attached hydrogens (primary N) is 1. The molecular weight excluding hydrogens is 245 g/mol. The molecule has 0 aromatic heterocycles. The Hall–Kier alpha value is -1.48. The van der Waals surface area contributed by atoms with Crippen LogP contribution >= 0.6 is 11.8 Å². The van der Waals surface area contributed by atoms with E-state index in [-0.39, 0.29) is 5.82 Å². The van der Waals surface area contributed by atoms with Crippen LogP contribution in [0.5, 0.6) is 0 Å². The van der Waals surface area contributed by atoms with Gasteiger partial charge in [-0.3, -0.25) is 0 Å². The Bertz CT molecular complexity index is 593. The minimum Gasteiger partial charge on any atom is -0.398 e. The summed E-state index contributed by atoms with van der Waals surface area (Å²) in [5.74, 6) is -0.253. The molecule has 0 aliphatic carbocycles. The second-order valence-corrected chi connectivity index (χ2v) is 5.60. The molecule has 0 atom stereocenters. The van der Waals surface area contributed by atoms with E-state index in [1.165, 1.54) is 17.2 Å². The maximum atomic E-state index is 13.3. The van der Waals surface area contributed by atoms with Gasteiger partial charge in [0.25, 0.3) is 0 Å². The highest BCUT2D eigenvalue weighted by Gasteiger charge is 2.07. The molecule has 2 N–H and O–H groups in total. The van der Waals surface area contributed by atoms with Crippen molar-refractivity contribution < 1.29 is 4.39 Å². The monoisotopic (exact) mass is 261 g/mol. The second kappa shape index (κ2) is 5.02. The van der Waals surface area contributed by atoms with Crippen molar-refractivity contribution in [2.24, 2.45) is 0 Å². The van der Waals surface area contributed by atoms with E-state index >= 15 is 0 Å². The minimum atomic E-state index is -0.253. The summed E-state index contributed by atoms with van der Waals surface area (Å²) >= 11 is 1.57. The smallest absolute Gasteiger partial charge is 0.128 e. The van der Waals surface area contributed by atoms with E-state index in [1.54, 1.807) is 24.8 Å². The van der Waals surface area contributed by atoms with Crippen molar-refractivity contribution in [2.45, 2.75) is 30.6 Å². The molecule has 2 aromatic carbocycles. The van der Waals surface area contributed by atoms with E-state index in [2.05, 4.69) is 32.0 Å². The Morgan fingerprint density at radius 2 is 1.67 bits per heavy atom. The number of nitrogen functional groups attached to an aromatic ring is 1. The SMILES string of the molecule is Cc1ccc(Sc2cc(C)c(F)cc2N)cc1C. The molecule has 2 aromatic rings. The average molecular weight is 261 g/mol. The van der Waals surface area contributed by atoms with Crippen LogP contribution in [0.2, 0.25) is 0 Å². The zero-order chi connectivity index (χ0) is 13.3. The Balaban J connectivity index is 2.34. The summed E-state index contributed by atoms with van der Waals surface area (Å²) in [7, 11) is 0. The van der Waals surface area contributed by atoms with Crippen molar-refractivity contribution in [3.05, 3.63) is 52.8 Å². The molecule has 0 amide bonds. The molecule has 0 aliphatic heterocycles. The molecule has 94 valence electrons. The zero-order valence-corrected chi connectivity index (χ0v) is 11.6. The van der Waals surface area contributed by atoms with Gasteiger partial charge in [-0.25, -0.2) is 4.39 Å². The topological polar surface area (TPSA) is 26.0 Å². The van der Waals surface area contributed by atoms with Crippen molar-refractivity contribution in [3.8, 4) is 0 Å². The van der Waals surface area contributed by atoms with Crippen molar-refractivity contribution >= 4 is 17.4 Å². The van der Waals surface area contributed by atoms with Crippen LogP contribution in [0, 0.1) is 26.6 Å². The van der Waals surface area contributed by atoms with Gasteiger partial charge in [0.1, 0.15) is 5.82 Å². The first-order chi connectivity index (χ1) is 8.47. The highest BCUT2D eigenvalue weighted by molar-refractivity contribution is 7.99. The number of hydrogen-bond donors (Lipinski definition) is 1. The van der Waals surface area contributed by atoms with E-state index in [0.717, 1.165) is 9.79 Å². The second-order valence-electron chi connectivity index (χ2n) is 4.49. The van der Waals surface area contributed by atoms with Crippen LogP contribution in [0.4, 0.5) is 10.1 Å². The fourth-order valence-corrected chi connectivity index (χ4v) is 2.70. The third-order valence-electron chi connectivity index (χ3n) is 3.00. The maximum absolute atomic E-state index is 13.3. The molecule has 3 heteroatoms. The van der Waals surface area contributed by atoms with Gasteiger partial charge < -0.3 is 5.73 Å². The third-order valence-corrected chi connectivity index (χ3v) is 4.06. The van der Waals surface area contributed by atoms with Crippen LogP contribution in [-0.4, -0.2) is 0 Å². The molecule has 0 spiro atoms. The molecular formula is C15H16FNS. The van der Waals surface area contributed by atoms with Gasteiger partial charge in [-0.1, -0.05) is 17.8 Å². The van der Waals surface area contributed by atoms with Gasteiger partial charge in [0.05, 0.1) is 0 Å². The van der Waals surface area contributed by atoms with Crippen molar-refractivity contribution in [3.63, 3.8) is 0 Å². The molecule has 18 heavy (non-hydrogen) atoms. The lowest BCUT2D eigenvalue weighted by atomic mass is 10.1. The molecule has 0 radical (unpaired) electrons. The summed E-state index contributed by atoms with van der Waals surface area (Å²) in [6, 6.07) is 9.46. The molecule has 0 fully saturated rings. The number of hydrogen-bond acceptors (Lipinski definition) is 2. The highest BCUT2D eigenvalue weighted by atomic mass is 32.2. The number of rotatable bonds is 2. The first kappa shape index (κ1) is 13.0. The lowest BCUT2D eigenvalue weighted by molar-refractivity contribution is 0.618. The molecule has 0 bridgehead atoms. The van der Waals surface area contributed by atoms with E-state index in [9.17, 15) is 4.39 Å². The minimum absolute atomic E-state index is 0.253. The Kier molecular flexibility index (Phi) is 3.62.